The summed E-state index contributed by atoms with van der Waals surface area (Å²) >= 11 is 6.06. The van der Waals surface area contributed by atoms with Gasteiger partial charge >= 0.3 is 0 Å². The Morgan fingerprint density at radius 3 is 2.52 bits per heavy atom. The smallest absolute Gasteiger partial charge is 0.259 e. The number of likely N-dealkylation sites (tertiary alicyclic amines) is 1. The van der Waals surface area contributed by atoms with Gasteiger partial charge in [-0.1, -0.05) is 53.6 Å². The van der Waals surface area contributed by atoms with Gasteiger partial charge in [0.2, 0.25) is 0 Å². The summed E-state index contributed by atoms with van der Waals surface area (Å²) in [5, 5.41) is 0.639. The molecule has 3 aromatic carbocycles. The fourth-order valence-corrected chi connectivity index (χ4v) is 5.23. The number of hydrogen-bond donors (Lipinski definition) is 0. The average Bonchev–Trinajstić information content (AvgIpc) is 3.12. The number of anilines is 1. The number of hydrogen-bond acceptors (Lipinski definition) is 2. The Kier molecular flexibility index (Phi) is 5.81. The van der Waals surface area contributed by atoms with Gasteiger partial charge in [-0.3, -0.25) is 4.79 Å². The molecule has 168 valence electrons. The summed E-state index contributed by atoms with van der Waals surface area (Å²) < 4.78 is 13.7. The second-order valence-corrected chi connectivity index (χ2v) is 9.52. The largest absolute Gasteiger partial charge is 0.306 e. The second-order valence-electron chi connectivity index (χ2n) is 9.08. The number of nitrogens with zero attached hydrogens (tertiary/aromatic N) is 2. The van der Waals surface area contributed by atoms with E-state index >= 15 is 0 Å². The van der Waals surface area contributed by atoms with E-state index in [4.69, 9.17) is 11.6 Å². The van der Waals surface area contributed by atoms with Crippen LogP contribution >= 0.6 is 11.6 Å². The summed E-state index contributed by atoms with van der Waals surface area (Å²) in [5.41, 5.74) is 5.54. The third-order valence-corrected chi connectivity index (χ3v) is 6.99. The number of halogens is 2. The maximum atomic E-state index is 14.2. The first kappa shape index (κ1) is 21.9. The van der Waals surface area contributed by atoms with E-state index < -0.39 is 0 Å². The van der Waals surface area contributed by atoms with Gasteiger partial charge in [-0.05, 0) is 80.0 Å². The van der Waals surface area contributed by atoms with E-state index in [1.165, 1.54) is 23.3 Å². The summed E-state index contributed by atoms with van der Waals surface area (Å²) in [7, 11) is 2.14. The van der Waals surface area contributed by atoms with Gasteiger partial charge in [0.05, 0.1) is 0 Å². The lowest BCUT2D eigenvalue weighted by Gasteiger charge is -2.36. The highest BCUT2D eigenvalue weighted by Crippen LogP contribution is 2.46. The molecule has 1 fully saturated rings. The minimum Gasteiger partial charge on any atom is -0.306 e. The van der Waals surface area contributed by atoms with Gasteiger partial charge in [-0.25, -0.2) is 4.39 Å². The van der Waals surface area contributed by atoms with Crippen LogP contribution in [0.1, 0.15) is 34.6 Å². The molecule has 0 radical (unpaired) electrons. The van der Waals surface area contributed by atoms with Crippen LogP contribution in [0.4, 0.5) is 10.1 Å². The zero-order valence-corrected chi connectivity index (χ0v) is 19.5. The van der Waals surface area contributed by atoms with E-state index in [-0.39, 0.29) is 23.7 Å². The van der Waals surface area contributed by atoms with Crippen molar-refractivity contribution in [1.29, 1.82) is 0 Å². The maximum absolute atomic E-state index is 14.2. The molecule has 2 aliphatic rings. The van der Waals surface area contributed by atoms with Crippen molar-refractivity contribution in [1.82, 2.24) is 4.90 Å². The van der Waals surface area contributed by atoms with Crippen molar-refractivity contribution >= 4 is 34.8 Å². The zero-order chi connectivity index (χ0) is 23.1. The van der Waals surface area contributed by atoms with Crippen LogP contribution in [-0.2, 0) is 4.79 Å². The van der Waals surface area contributed by atoms with Crippen LogP contribution in [0, 0.1) is 12.7 Å². The predicted octanol–water partition coefficient (Wildman–Crippen LogP) is 6.16. The highest BCUT2D eigenvalue weighted by molar-refractivity contribution is 6.31. The number of fused-ring (bicyclic) bond motifs is 3. The third-order valence-electron chi connectivity index (χ3n) is 6.74. The van der Waals surface area contributed by atoms with Gasteiger partial charge in [0, 0.05) is 34.8 Å². The molecule has 0 aliphatic carbocycles. The van der Waals surface area contributed by atoms with Crippen LogP contribution in [0.15, 0.2) is 66.7 Å². The van der Waals surface area contributed by atoms with Crippen molar-refractivity contribution < 1.29 is 9.18 Å². The molecule has 1 amide bonds. The van der Waals surface area contributed by atoms with Crippen LogP contribution < -0.4 is 4.90 Å². The molecule has 0 unspecified atom stereocenters. The minimum absolute atomic E-state index is 0.0567. The average molecular weight is 461 g/mol. The second kappa shape index (κ2) is 8.77. The highest BCUT2D eigenvalue weighted by Gasteiger charge is 2.44. The van der Waals surface area contributed by atoms with Gasteiger partial charge in [0.1, 0.15) is 5.82 Å². The maximum Gasteiger partial charge on any atom is 0.259 e. The molecule has 2 atom stereocenters. The first-order chi connectivity index (χ1) is 15.9. The summed E-state index contributed by atoms with van der Waals surface area (Å²) in [5.74, 6) is -0.0965. The zero-order valence-electron chi connectivity index (χ0n) is 18.8. The summed E-state index contributed by atoms with van der Waals surface area (Å²) in [6.07, 6.45) is 2.79. The first-order valence-corrected chi connectivity index (χ1v) is 11.6. The van der Waals surface area contributed by atoms with E-state index in [2.05, 4.69) is 37.1 Å². The number of rotatable bonds is 3. The number of likely N-dealkylation sites (N-methyl/N-ethyl adjacent to an activating group) is 1. The molecule has 2 aliphatic heterocycles. The first-order valence-electron chi connectivity index (χ1n) is 11.3. The molecule has 0 bridgehead atoms. The van der Waals surface area contributed by atoms with Crippen molar-refractivity contribution in [3.63, 3.8) is 0 Å². The molecule has 33 heavy (non-hydrogen) atoms. The van der Waals surface area contributed by atoms with Gasteiger partial charge < -0.3 is 9.80 Å². The quantitative estimate of drug-likeness (QED) is 0.345. The number of amides is 1. The van der Waals surface area contributed by atoms with Crippen molar-refractivity contribution in [2.45, 2.75) is 25.3 Å². The molecular weight excluding hydrogens is 435 g/mol. The Labute approximate surface area is 199 Å². The Morgan fingerprint density at radius 2 is 1.79 bits per heavy atom. The SMILES string of the molecule is Cc1ccc2c(c1)[C@@H]1CN(C)CC[C@H]1N2C(=O)/C(=C/c1ccc(Cl)cc1)c1ccc(F)cc1. The molecule has 5 heteroatoms. The van der Waals surface area contributed by atoms with E-state index in [9.17, 15) is 9.18 Å². The van der Waals surface area contributed by atoms with Crippen LogP contribution in [0.25, 0.3) is 11.6 Å². The molecule has 3 nitrogen and oxygen atoms in total. The monoisotopic (exact) mass is 460 g/mol. The van der Waals surface area contributed by atoms with Crippen molar-refractivity contribution in [2.24, 2.45) is 0 Å². The summed E-state index contributed by atoms with van der Waals surface area (Å²) in [6, 6.07) is 20.0. The molecule has 0 aromatic heterocycles. The molecule has 5 rings (SSSR count). The van der Waals surface area contributed by atoms with E-state index in [0.29, 0.717) is 16.2 Å². The molecule has 0 N–H and O–H groups in total. The molecule has 2 heterocycles. The van der Waals surface area contributed by atoms with Crippen LogP contribution in [0.3, 0.4) is 0 Å². The Hall–Kier alpha value is -2.95. The van der Waals surface area contributed by atoms with Crippen molar-refractivity contribution in [2.75, 3.05) is 25.0 Å². The van der Waals surface area contributed by atoms with Gasteiger partial charge in [-0.2, -0.15) is 0 Å². The number of piperidine rings is 1. The van der Waals surface area contributed by atoms with Crippen LogP contribution in [-0.4, -0.2) is 37.0 Å². The molecular formula is C28H26ClFN2O. The lowest BCUT2D eigenvalue weighted by atomic mass is 9.88. The minimum atomic E-state index is -0.325. The Morgan fingerprint density at radius 1 is 1.06 bits per heavy atom. The summed E-state index contributed by atoms with van der Waals surface area (Å²) in [6.45, 7) is 3.97. The normalized spacial score (nSPS) is 20.5. The fourth-order valence-electron chi connectivity index (χ4n) is 5.10. The van der Waals surface area contributed by atoms with Gasteiger partial charge in [0.15, 0.2) is 0 Å². The Balaban J connectivity index is 1.62. The van der Waals surface area contributed by atoms with E-state index in [0.717, 1.165) is 30.8 Å². The molecule has 1 saturated heterocycles. The molecule has 0 saturated carbocycles. The van der Waals surface area contributed by atoms with Gasteiger partial charge in [-0.15, -0.1) is 0 Å². The number of aryl methyl sites for hydroxylation is 1. The topological polar surface area (TPSA) is 23.6 Å². The number of carbonyl (C=O) groups excluding carboxylic acids is 1. The predicted molar refractivity (Wildman–Crippen MR) is 133 cm³/mol. The summed E-state index contributed by atoms with van der Waals surface area (Å²) in [4.78, 5) is 18.5. The fraction of sp³-hybridized carbons (Fsp3) is 0.250. The van der Waals surface area contributed by atoms with Gasteiger partial charge in [0.25, 0.3) is 5.91 Å². The van der Waals surface area contributed by atoms with Crippen LogP contribution in [0.5, 0.6) is 0 Å². The molecule has 0 spiro atoms. The Bertz CT molecular complexity index is 1220. The van der Waals surface area contributed by atoms with Crippen molar-refractivity contribution in [3.8, 4) is 0 Å². The standard InChI is InChI=1S/C28H26ClFN2O/c1-18-3-12-26-24(15-18)25-17-31(2)14-13-27(25)32(26)28(33)23(20-6-10-22(30)11-7-20)16-19-4-8-21(29)9-5-19/h3-12,15-16,25,27H,13-14,17H2,1-2H3/b23-16+/t25-,27+/m0/s1. The molecule has 3 aromatic rings. The lowest BCUT2D eigenvalue weighted by Crippen LogP contribution is -2.47. The third kappa shape index (κ3) is 4.21. The highest BCUT2D eigenvalue weighted by atomic mass is 35.5. The number of carbonyl (C=O) groups is 1. The van der Waals surface area contributed by atoms with Crippen molar-refractivity contribution in [3.05, 3.63) is 99.8 Å². The van der Waals surface area contributed by atoms with Crippen LogP contribution in [0.2, 0.25) is 5.02 Å². The van der Waals surface area contributed by atoms with E-state index in [1.54, 1.807) is 24.3 Å². The number of benzene rings is 3. The lowest BCUT2D eigenvalue weighted by molar-refractivity contribution is -0.113. The van der Waals surface area contributed by atoms with E-state index in [1.807, 2.05) is 23.1 Å².